The molecule has 5 nitrogen and oxygen atoms in total. The second-order valence-electron chi connectivity index (χ2n) is 8.14. The fourth-order valence-corrected chi connectivity index (χ4v) is 8.74. The molecule has 0 fully saturated rings. The topological polar surface area (TPSA) is 57.5 Å². The monoisotopic (exact) mass is 463 g/mol. The number of benzene rings is 3. The zero-order valence-electron chi connectivity index (χ0n) is 17.6. The molecule has 162 valence electrons. The van der Waals surface area contributed by atoms with Crippen molar-refractivity contribution in [2.24, 2.45) is 7.05 Å². The van der Waals surface area contributed by atoms with E-state index in [1.54, 1.807) is 17.8 Å². The highest BCUT2D eigenvalue weighted by molar-refractivity contribution is 8.00. The van der Waals surface area contributed by atoms with Gasteiger partial charge in [0.05, 0.1) is 17.4 Å². The van der Waals surface area contributed by atoms with E-state index in [4.69, 9.17) is 8.92 Å². The first-order valence-corrected chi connectivity index (χ1v) is 12.8. The van der Waals surface area contributed by atoms with E-state index in [-0.39, 0.29) is 11.2 Å². The Morgan fingerprint density at radius 2 is 1.72 bits per heavy atom. The second kappa shape index (κ2) is 7.05. The van der Waals surface area contributed by atoms with E-state index in [1.165, 1.54) is 7.11 Å². The number of rotatable bonds is 2. The molecule has 2 aliphatic heterocycles. The number of fused-ring (bicyclic) bond motifs is 7. The average Bonchev–Trinajstić information content (AvgIpc) is 3.10. The van der Waals surface area contributed by atoms with Crippen LogP contribution in [-0.4, -0.2) is 25.3 Å². The molecule has 3 aromatic carbocycles. The molecule has 0 amide bonds. The minimum atomic E-state index is -3.94. The molecule has 0 N–H and O–H groups in total. The molecular weight excluding hydrogens is 442 g/mol. The Morgan fingerprint density at radius 3 is 2.50 bits per heavy atom. The van der Waals surface area contributed by atoms with Crippen LogP contribution in [0.1, 0.15) is 27.9 Å². The molecule has 4 aromatic rings. The summed E-state index contributed by atoms with van der Waals surface area (Å²) in [4.78, 5) is 0. The van der Waals surface area contributed by atoms with Gasteiger partial charge in [0.15, 0.2) is 11.5 Å². The summed E-state index contributed by atoms with van der Waals surface area (Å²) in [6.45, 7) is 0. The lowest BCUT2D eigenvalue weighted by molar-refractivity contribution is 0.375. The van der Waals surface area contributed by atoms with Crippen molar-refractivity contribution in [1.82, 2.24) is 4.57 Å². The number of ether oxygens (including phenoxy) is 1. The van der Waals surface area contributed by atoms with Gasteiger partial charge in [0.25, 0.3) is 0 Å². The fraction of sp³-hybridized carbons (Fsp3) is 0.200. The smallest absolute Gasteiger partial charge is 0.314 e. The number of aromatic nitrogens is 1. The standard InChI is InChI=1S/C25H21NO4S2/c1-26-18-13-7-6-11-16(18)21-20-17-12-8-14-19(29-2)22(17)30-32(27,28)24(20)23(31-25(21)26)15-9-4-3-5-10-15/h3-14,20,23-24H,1-2H3/t20-,23+,24-/m0/s1. The van der Waals surface area contributed by atoms with Crippen LogP contribution < -0.4 is 8.92 Å². The third-order valence-electron chi connectivity index (χ3n) is 6.49. The molecule has 3 heterocycles. The molecule has 0 saturated carbocycles. The number of thioether (sulfide) groups is 1. The maximum Gasteiger partial charge on any atom is 0.314 e. The van der Waals surface area contributed by atoms with E-state index in [9.17, 15) is 8.42 Å². The van der Waals surface area contributed by atoms with Crippen LogP contribution >= 0.6 is 11.8 Å². The average molecular weight is 464 g/mol. The van der Waals surface area contributed by atoms with Gasteiger partial charge in [-0.15, -0.1) is 0 Å². The van der Waals surface area contributed by atoms with Crippen LogP contribution in [0.3, 0.4) is 0 Å². The molecule has 0 saturated heterocycles. The molecule has 0 bridgehead atoms. The van der Waals surface area contributed by atoms with E-state index >= 15 is 0 Å². The summed E-state index contributed by atoms with van der Waals surface area (Å²) < 4.78 is 40.8. The first-order chi connectivity index (χ1) is 15.5. The van der Waals surface area contributed by atoms with Crippen LogP contribution in [0.5, 0.6) is 11.5 Å². The largest absolute Gasteiger partial charge is 0.493 e. The summed E-state index contributed by atoms with van der Waals surface area (Å²) >= 11 is 1.61. The Morgan fingerprint density at radius 1 is 0.969 bits per heavy atom. The van der Waals surface area contributed by atoms with Crippen molar-refractivity contribution in [1.29, 1.82) is 0 Å². The van der Waals surface area contributed by atoms with Gasteiger partial charge < -0.3 is 13.5 Å². The van der Waals surface area contributed by atoms with Gasteiger partial charge in [0.1, 0.15) is 5.25 Å². The first-order valence-electron chi connectivity index (χ1n) is 10.4. The number of hydrogen-bond donors (Lipinski definition) is 0. The number of aryl methyl sites for hydroxylation is 1. The van der Waals surface area contributed by atoms with Crippen molar-refractivity contribution < 1.29 is 17.3 Å². The Bertz CT molecular complexity index is 1460. The molecule has 0 spiro atoms. The molecule has 6 rings (SSSR count). The molecule has 1 aromatic heterocycles. The summed E-state index contributed by atoms with van der Waals surface area (Å²) in [7, 11) is -0.354. The van der Waals surface area contributed by atoms with E-state index in [2.05, 4.69) is 23.7 Å². The van der Waals surface area contributed by atoms with Crippen molar-refractivity contribution in [2.75, 3.05) is 7.11 Å². The molecule has 0 unspecified atom stereocenters. The van der Waals surface area contributed by atoms with Gasteiger partial charge in [0.2, 0.25) is 0 Å². The number of nitrogens with zero attached hydrogens (tertiary/aromatic N) is 1. The minimum Gasteiger partial charge on any atom is -0.493 e. The Balaban J connectivity index is 1.72. The Hall–Kier alpha value is -2.90. The van der Waals surface area contributed by atoms with Crippen LogP contribution in [0.15, 0.2) is 77.8 Å². The lowest BCUT2D eigenvalue weighted by Gasteiger charge is -2.41. The SMILES string of the molecule is COc1cccc2c1OS(=O)(=O)[C@H]1[C@@H]2c2c(n(C)c3ccccc23)S[C@@H]1c1ccccc1. The zero-order chi connectivity index (χ0) is 22.0. The summed E-state index contributed by atoms with van der Waals surface area (Å²) in [5.74, 6) is 0.362. The van der Waals surface area contributed by atoms with Crippen molar-refractivity contribution in [3.05, 3.63) is 89.5 Å². The highest BCUT2D eigenvalue weighted by Crippen LogP contribution is 2.60. The first kappa shape index (κ1) is 19.8. The Labute approximate surface area is 191 Å². The van der Waals surface area contributed by atoms with Crippen LogP contribution in [-0.2, 0) is 17.2 Å². The van der Waals surface area contributed by atoms with E-state index < -0.39 is 15.4 Å². The maximum absolute atomic E-state index is 13.7. The zero-order valence-corrected chi connectivity index (χ0v) is 19.2. The van der Waals surface area contributed by atoms with Crippen molar-refractivity contribution >= 4 is 32.8 Å². The molecule has 32 heavy (non-hydrogen) atoms. The van der Waals surface area contributed by atoms with Crippen LogP contribution in [0.4, 0.5) is 0 Å². The number of methoxy groups -OCH3 is 1. The van der Waals surface area contributed by atoms with E-state index in [1.807, 2.05) is 54.6 Å². The summed E-state index contributed by atoms with van der Waals surface area (Å²) in [6.07, 6.45) is 0. The van der Waals surface area contributed by atoms with E-state index in [0.717, 1.165) is 32.6 Å². The molecular formula is C25H21NO4S2. The van der Waals surface area contributed by atoms with Crippen LogP contribution in [0, 0.1) is 0 Å². The van der Waals surface area contributed by atoms with Gasteiger partial charge in [-0.2, -0.15) is 8.42 Å². The third-order valence-corrected chi connectivity index (χ3v) is 9.81. The van der Waals surface area contributed by atoms with Gasteiger partial charge in [-0.3, -0.25) is 0 Å². The maximum atomic E-state index is 13.7. The second-order valence-corrected chi connectivity index (χ2v) is 11.0. The quantitative estimate of drug-likeness (QED) is 0.380. The minimum absolute atomic E-state index is 0.300. The number of hydrogen-bond acceptors (Lipinski definition) is 5. The van der Waals surface area contributed by atoms with E-state index in [0.29, 0.717) is 11.5 Å². The highest BCUT2D eigenvalue weighted by atomic mass is 32.2. The predicted octanol–water partition coefficient (Wildman–Crippen LogP) is 5.26. The van der Waals surface area contributed by atoms with Crippen molar-refractivity contribution in [3.8, 4) is 11.5 Å². The van der Waals surface area contributed by atoms with Crippen molar-refractivity contribution in [2.45, 2.75) is 21.4 Å². The van der Waals surface area contributed by atoms with Crippen molar-refractivity contribution in [3.63, 3.8) is 0 Å². The normalized spacial score (nSPS) is 23.0. The van der Waals surface area contributed by atoms with Gasteiger partial charge in [-0.1, -0.05) is 72.4 Å². The Kier molecular flexibility index (Phi) is 4.35. The van der Waals surface area contributed by atoms with Gasteiger partial charge in [-0.05, 0) is 17.7 Å². The third kappa shape index (κ3) is 2.67. The highest BCUT2D eigenvalue weighted by Gasteiger charge is 2.53. The number of para-hydroxylation sites is 2. The lowest BCUT2D eigenvalue weighted by Crippen LogP contribution is -2.42. The molecule has 7 heteroatoms. The van der Waals surface area contributed by atoms with Gasteiger partial charge in [-0.25, -0.2) is 0 Å². The molecule has 0 aliphatic carbocycles. The predicted molar refractivity (Wildman–Crippen MR) is 126 cm³/mol. The summed E-state index contributed by atoms with van der Waals surface area (Å²) in [5.41, 5.74) is 3.96. The van der Waals surface area contributed by atoms with Gasteiger partial charge in [0, 0.05) is 35.0 Å². The summed E-state index contributed by atoms with van der Waals surface area (Å²) in [5, 5.41) is 1.10. The van der Waals surface area contributed by atoms with Gasteiger partial charge >= 0.3 is 10.1 Å². The molecule has 0 radical (unpaired) electrons. The lowest BCUT2D eigenvalue weighted by atomic mass is 9.84. The molecule has 3 atom stereocenters. The molecule has 2 aliphatic rings. The van der Waals surface area contributed by atoms with Crippen LogP contribution in [0.25, 0.3) is 10.9 Å². The summed E-state index contributed by atoms with van der Waals surface area (Å²) in [6, 6.07) is 23.6. The fourth-order valence-electron chi connectivity index (χ4n) is 5.12. The van der Waals surface area contributed by atoms with Crippen LogP contribution in [0.2, 0.25) is 0 Å².